The van der Waals surface area contributed by atoms with Gasteiger partial charge in [-0.2, -0.15) is 0 Å². The van der Waals surface area contributed by atoms with Gasteiger partial charge in [0.1, 0.15) is 11.5 Å². The van der Waals surface area contributed by atoms with Crippen molar-refractivity contribution in [1.82, 2.24) is 14.7 Å². The molecular weight excluding hydrogens is 318 g/mol. The van der Waals surface area contributed by atoms with Crippen molar-refractivity contribution in [3.63, 3.8) is 0 Å². The Bertz CT molecular complexity index is 604. The van der Waals surface area contributed by atoms with Crippen molar-refractivity contribution >= 4 is 5.91 Å². The maximum atomic E-state index is 12.5. The largest absolute Gasteiger partial charge is 0.465 e. The van der Waals surface area contributed by atoms with Gasteiger partial charge < -0.3 is 14.1 Å². The number of morpholine rings is 1. The van der Waals surface area contributed by atoms with E-state index in [1.165, 1.54) is 5.56 Å². The predicted molar refractivity (Wildman–Crippen MR) is 94.4 cm³/mol. The summed E-state index contributed by atoms with van der Waals surface area (Å²) in [6.45, 7) is 11.4. The molecule has 0 radical (unpaired) electrons. The lowest BCUT2D eigenvalue weighted by atomic mass is 10.1. The molecule has 25 heavy (non-hydrogen) atoms. The number of aryl methyl sites for hydroxylation is 2. The molecule has 0 unspecified atom stereocenters. The summed E-state index contributed by atoms with van der Waals surface area (Å²) in [5, 5.41) is 0. The second-order valence-electron chi connectivity index (χ2n) is 7.59. The summed E-state index contributed by atoms with van der Waals surface area (Å²) in [4.78, 5) is 19.5. The van der Waals surface area contributed by atoms with E-state index in [0.29, 0.717) is 24.4 Å². The number of carbonyl (C=O) groups is 1. The molecule has 3 saturated heterocycles. The molecule has 6 heteroatoms. The number of fused-ring (bicyclic) bond motifs is 1. The number of hydrogen-bond acceptors (Lipinski definition) is 5. The van der Waals surface area contributed by atoms with Crippen molar-refractivity contribution in [3.05, 3.63) is 23.2 Å². The molecular formula is C19H29N3O3. The van der Waals surface area contributed by atoms with Gasteiger partial charge in [0.05, 0.1) is 19.8 Å². The minimum atomic E-state index is 0.319. The average molecular weight is 347 g/mol. The number of nitrogens with zero attached hydrogens (tertiary/aromatic N) is 3. The van der Waals surface area contributed by atoms with Crippen LogP contribution in [-0.2, 0) is 16.1 Å². The van der Waals surface area contributed by atoms with Crippen LogP contribution in [0.5, 0.6) is 0 Å². The van der Waals surface area contributed by atoms with E-state index in [4.69, 9.17) is 9.15 Å². The van der Waals surface area contributed by atoms with Crippen LogP contribution in [0.25, 0.3) is 0 Å². The average Bonchev–Trinajstić information content (AvgIpc) is 3.23. The molecule has 3 aliphatic rings. The molecule has 6 nitrogen and oxygen atoms in total. The fourth-order valence-electron chi connectivity index (χ4n) is 4.50. The first kappa shape index (κ1) is 17.1. The number of ether oxygens (including phenoxy) is 1. The summed E-state index contributed by atoms with van der Waals surface area (Å²) >= 11 is 0. The number of furan rings is 1. The Balaban J connectivity index is 1.35. The lowest BCUT2D eigenvalue weighted by molar-refractivity contribution is -0.129. The first-order valence-corrected chi connectivity index (χ1v) is 9.51. The van der Waals surface area contributed by atoms with Gasteiger partial charge in [0.15, 0.2) is 0 Å². The third-order valence-corrected chi connectivity index (χ3v) is 6.07. The lowest BCUT2D eigenvalue weighted by Gasteiger charge is -2.30. The Kier molecular flexibility index (Phi) is 4.84. The summed E-state index contributed by atoms with van der Waals surface area (Å²) in [6.07, 6.45) is 1.74. The molecule has 3 fully saturated rings. The molecule has 138 valence electrons. The highest BCUT2D eigenvalue weighted by atomic mass is 16.5. The van der Waals surface area contributed by atoms with Crippen LogP contribution < -0.4 is 0 Å². The first-order valence-electron chi connectivity index (χ1n) is 9.51. The topological polar surface area (TPSA) is 49.2 Å². The Hall–Kier alpha value is -1.37. The highest BCUT2D eigenvalue weighted by molar-refractivity contribution is 5.80. The second-order valence-corrected chi connectivity index (χ2v) is 7.59. The smallest absolute Gasteiger partial charge is 0.224 e. The van der Waals surface area contributed by atoms with Crippen LogP contribution in [0.3, 0.4) is 0 Å². The van der Waals surface area contributed by atoms with Crippen molar-refractivity contribution in [2.24, 2.45) is 0 Å². The molecule has 0 aromatic carbocycles. The highest BCUT2D eigenvalue weighted by Gasteiger charge is 2.46. The molecule has 1 aromatic rings. The van der Waals surface area contributed by atoms with E-state index in [0.717, 1.165) is 70.4 Å². The maximum Gasteiger partial charge on any atom is 0.224 e. The van der Waals surface area contributed by atoms with Crippen LogP contribution in [0.1, 0.15) is 29.9 Å². The van der Waals surface area contributed by atoms with Gasteiger partial charge >= 0.3 is 0 Å². The van der Waals surface area contributed by atoms with E-state index >= 15 is 0 Å². The summed E-state index contributed by atoms with van der Waals surface area (Å²) in [6, 6.07) is 2.86. The van der Waals surface area contributed by atoms with Crippen molar-refractivity contribution in [1.29, 1.82) is 0 Å². The zero-order chi connectivity index (χ0) is 17.4. The number of rotatable bonds is 5. The molecule has 2 atom stereocenters. The van der Waals surface area contributed by atoms with Crippen molar-refractivity contribution in [2.45, 2.75) is 45.3 Å². The summed E-state index contributed by atoms with van der Waals surface area (Å²) in [5.41, 5.74) is 1.21. The van der Waals surface area contributed by atoms with Crippen LogP contribution >= 0.6 is 0 Å². The minimum Gasteiger partial charge on any atom is -0.465 e. The van der Waals surface area contributed by atoms with E-state index in [-0.39, 0.29) is 0 Å². The minimum absolute atomic E-state index is 0.319. The van der Waals surface area contributed by atoms with Gasteiger partial charge in [0.2, 0.25) is 5.91 Å². The quantitative estimate of drug-likeness (QED) is 0.806. The van der Waals surface area contributed by atoms with Gasteiger partial charge in [-0.3, -0.25) is 14.6 Å². The highest BCUT2D eigenvalue weighted by Crippen LogP contribution is 2.33. The Morgan fingerprint density at radius 2 is 1.92 bits per heavy atom. The van der Waals surface area contributed by atoms with Crippen molar-refractivity contribution in [3.8, 4) is 0 Å². The Morgan fingerprint density at radius 1 is 1.12 bits per heavy atom. The fraction of sp³-hybridized carbons (Fsp3) is 0.737. The maximum absolute atomic E-state index is 12.5. The van der Waals surface area contributed by atoms with Crippen LogP contribution in [0.2, 0.25) is 0 Å². The molecule has 0 N–H and O–H groups in total. The van der Waals surface area contributed by atoms with Crippen molar-refractivity contribution < 1.29 is 13.9 Å². The van der Waals surface area contributed by atoms with Gasteiger partial charge in [-0.15, -0.1) is 0 Å². The molecule has 0 aliphatic carbocycles. The summed E-state index contributed by atoms with van der Waals surface area (Å²) in [7, 11) is 0. The van der Waals surface area contributed by atoms with Crippen molar-refractivity contribution in [2.75, 3.05) is 45.9 Å². The molecule has 1 amide bonds. The molecule has 0 saturated carbocycles. The van der Waals surface area contributed by atoms with Crippen LogP contribution in [0.15, 0.2) is 10.5 Å². The van der Waals surface area contributed by atoms with E-state index in [9.17, 15) is 4.79 Å². The molecule has 0 bridgehead atoms. The second kappa shape index (κ2) is 7.09. The zero-order valence-corrected chi connectivity index (χ0v) is 15.4. The molecule has 4 rings (SSSR count). The number of carbonyl (C=O) groups excluding carboxylic acids is 1. The monoisotopic (exact) mass is 347 g/mol. The van der Waals surface area contributed by atoms with Gasteiger partial charge in [-0.25, -0.2) is 0 Å². The van der Waals surface area contributed by atoms with Crippen LogP contribution in [0, 0.1) is 13.8 Å². The van der Waals surface area contributed by atoms with Crippen LogP contribution in [0.4, 0.5) is 0 Å². The van der Waals surface area contributed by atoms with E-state index in [2.05, 4.69) is 27.7 Å². The van der Waals surface area contributed by atoms with Gasteiger partial charge in [-0.1, -0.05) is 0 Å². The van der Waals surface area contributed by atoms with Gasteiger partial charge in [-0.05, 0) is 31.9 Å². The zero-order valence-electron chi connectivity index (χ0n) is 15.4. The number of hydrogen-bond donors (Lipinski definition) is 0. The van der Waals surface area contributed by atoms with Gasteiger partial charge in [0, 0.05) is 51.2 Å². The third-order valence-electron chi connectivity index (χ3n) is 6.07. The number of likely N-dealkylation sites (tertiary alicyclic amines) is 2. The predicted octanol–water partition coefficient (Wildman–Crippen LogP) is 1.40. The first-order chi connectivity index (χ1) is 12.1. The van der Waals surface area contributed by atoms with Gasteiger partial charge in [0.25, 0.3) is 0 Å². The summed E-state index contributed by atoms with van der Waals surface area (Å²) < 4.78 is 11.3. The molecule has 4 heterocycles. The third kappa shape index (κ3) is 3.48. The summed E-state index contributed by atoms with van der Waals surface area (Å²) in [5.74, 6) is 2.34. The number of amides is 1. The van der Waals surface area contributed by atoms with E-state index in [1.807, 2.05) is 6.92 Å². The van der Waals surface area contributed by atoms with E-state index < -0.39 is 0 Å². The molecule has 0 spiro atoms. The fourth-order valence-corrected chi connectivity index (χ4v) is 4.50. The Morgan fingerprint density at radius 3 is 2.64 bits per heavy atom. The normalized spacial score (nSPS) is 28.1. The molecule has 1 aromatic heterocycles. The van der Waals surface area contributed by atoms with Crippen LogP contribution in [-0.4, -0.2) is 78.6 Å². The lowest BCUT2D eigenvalue weighted by Crippen LogP contribution is -2.44. The van der Waals surface area contributed by atoms with E-state index in [1.54, 1.807) is 0 Å². The standard InChI is InChI=1S/C19H29N3O3/c1-14-11-16(25-15(14)2)13-21-4-3-17-18(21)12-19(23)22(17)6-5-20-7-9-24-10-8-20/h11,17-18H,3-10,12-13H2,1-2H3/t17-,18+/m1/s1. The Labute approximate surface area is 149 Å². The molecule has 3 aliphatic heterocycles. The SMILES string of the molecule is Cc1cc(CN2CC[C@@H]3[C@@H]2CC(=O)N3CCN2CCOCC2)oc1C.